The molecule has 3 rings (SSSR count). The molecule has 0 aliphatic rings. The minimum Gasteiger partial charge on any atom is -0.467 e. The van der Waals surface area contributed by atoms with E-state index in [1.54, 1.807) is 29.5 Å². The number of aromatic nitrogens is 1. The zero-order valence-electron chi connectivity index (χ0n) is 11.6. The third-order valence-corrected chi connectivity index (χ3v) is 4.09. The standard InChI is InChI=1S/C15H15N3O2S/c1-18(10-11-5-4-8-20-11)15(19)16-9-14-17-12-6-2-3-7-13(12)21-14/h2-8H,9-10H2,1H3,(H,16,19). The highest BCUT2D eigenvalue weighted by Crippen LogP contribution is 2.21. The van der Waals surface area contributed by atoms with Gasteiger partial charge >= 0.3 is 6.03 Å². The fraction of sp³-hybridized carbons (Fsp3) is 0.200. The van der Waals surface area contributed by atoms with Crippen molar-refractivity contribution in [2.75, 3.05) is 7.05 Å². The number of fused-ring (bicyclic) bond motifs is 1. The zero-order chi connectivity index (χ0) is 14.7. The summed E-state index contributed by atoms with van der Waals surface area (Å²) < 4.78 is 6.36. The highest BCUT2D eigenvalue weighted by molar-refractivity contribution is 7.18. The van der Waals surface area contributed by atoms with Crippen LogP contribution in [0.15, 0.2) is 47.1 Å². The number of thiazole rings is 1. The molecule has 2 aromatic heterocycles. The molecule has 0 atom stereocenters. The van der Waals surface area contributed by atoms with E-state index >= 15 is 0 Å². The number of carbonyl (C=O) groups is 1. The smallest absolute Gasteiger partial charge is 0.317 e. The van der Waals surface area contributed by atoms with Crippen LogP contribution in [0, 0.1) is 0 Å². The Kier molecular flexibility index (Phi) is 3.87. The number of furan rings is 1. The minimum absolute atomic E-state index is 0.148. The summed E-state index contributed by atoms with van der Waals surface area (Å²) in [6.45, 7) is 0.874. The highest BCUT2D eigenvalue weighted by atomic mass is 32.1. The molecule has 0 saturated carbocycles. The van der Waals surface area contributed by atoms with E-state index in [2.05, 4.69) is 10.3 Å². The molecule has 0 unspecified atom stereocenters. The van der Waals surface area contributed by atoms with Crippen LogP contribution in [0.3, 0.4) is 0 Å². The first-order chi connectivity index (χ1) is 10.2. The monoisotopic (exact) mass is 301 g/mol. The zero-order valence-corrected chi connectivity index (χ0v) is 12.4. The molecule has 1 aromatic carbocycles. The van der Waals surface area contributed by atoms with Gasteiger partial charge in [0.25, 0.3) is 0 Å². The van der Waals surface area contributed by atoms with Crippen molar-refractivity contribution in [3.05, 3.63) is 53.4 Å². The van der Waals surface area contributed by atoms with Crippen LogP contribution in [0.25, 0.3) is 10.2 Å². The molecule has 2 heterocycles. The molecule has 21 heavy (non-hydrogen) atoms. The molecule has 0 bridgehead atoms. The van der Waals surface area contributed by atoms with Gasteiger partial charge in [0.1, 0.15) is 10.8 Å². The van der Waals surface area contributed by atoms with Gasteiger partial charge in [-0.2, -0.15) is 0 Å². The van der Waals surface area contributed by atoms with E-state index in [1.807, 2.05) is 36.4 Å². The van der Waals surface area contributed by atoms with Gasteiger partial charge in [-0.1, -0.05) is 12.1 Å². The van der Waals surface area contributed by atoms with Gasteiger partial charge in [0.15, 0.2) is 0 Å². The molecule has 2 amide bonds. The topological polar surface area (TPSA) is 58.4 Å². The van der Waals surface area contributed by atoms with Gasteiger partial charge in [-0.25, -0.2) is 9.78 Å². The minimum atomic E-state index is -0.148. The molecular formula is C15H15N3O2S. The first-order valence-electron chi connectivity index (χ1n) is 6.58. The quantitative estimate of drug-likeness (QED) is 0.805. The molecule has 0 saturated heterocycles. The van der Waals surface area contributed by atoms with Crippen molar-refractivity contribution >= 4 is 27.6 Å². The maximum atomic E-state index is 12.0. The van der Waals surface area contributed by atoms with Gasteiger partial charge in [-0.3, -0.25) is 0 Å². The molecule has 0 aliphatic heterocycles. The lowest BCUT2D eigenvalue weighted by Crippen LogP contribution is -2.36. The number of nitrogens with zero attached hydrogens (tertiary/aromatic N) is 2. The van der Waals surface area contributed by atoms with Gasteiger partial charge in [-0.05, 0) is 24.3 Å². The number of rotatable bonds is 4. The summed E-state index contributed by atoms with van der Waals surface area (Å²) in [7, 11) is 1.73. The molecule has 1 N–H and O–H groups in total. The second kappa shape index (κ2) is 5.97. The number of para-hydroxylation sites is 1. The average Bonchev–Trinajstić information content (AvgIpc) is 3.13. The van der Waals surface area contributed by atoms with E-state index in [9.17, 15) is 4.79 Å². The number of hydrogen-bond donors (Lipinski definition) is 1. The number of benzene rings is 1. The second-order valence-electron chi connectivity index (χ2n) is 4.67. The van der Waals surface area contributed by atoms with Crippen LogP contribution in [0.5, 0.6) is 0 Å². The summed E-state index contributed by atoms with van der Waals surface area (Å²) in [5.74, 6) is 0.757. The largest absolute Gasteiger partial charge is 0.467 e. The van der Waals surface area contributed by atoms with Crippen molar-refractivity contribution in [1.82, 2.24) is 15.2 Å². The Hall–Kier alpha value is -2.34. The lowest BCUT2D eigenvalue weighted by atomic mass is 10.3. The SMILES string of the molecule is CN(Cc1ccco1)C(=O)NCc1nc2ccccc2s1. The van der Waals surface area contributed by atoms with Gasteiger partial charge < -0.3 is 14.6 Å². The number of hydrogen-bond acceptors (Lipinski definition) is 4. The Bertz CT molecular complexity index is 703. The number of urea groups is 1. The Morgan fingerprint density at radius 1 is 1.33 bits per heavy atom. The Morgan fingerprint density at radius 3 is 2.95 bits per heavy atom. The van der Waals surface area contributed by atoms with Gasteiger partial charge in [0.2, 0.25) is 0 Å². The Labute approximate surface area is 126 Å². The molecule has 5 nitrogen and oxygen atoms in total. The van der Waals surface area contributed by atoms with Crippen molar-refractivity contribution in [2.24, 2.45) is 0 Å². The van der Waals surface area contributed by atoms with Crippen LogP contribution in [-0.4, -0.2) is 23.0 Å². The number of carbonyl (C=O) groups excluding carboxylic acids is 1. The fourth-order valence-electron chi connectivity index (χ4n) is 1.99. The maximum Gasteiger partial charge on any atom is 0.317 e. The summed E-state index contributed by atoms with van der Waals surface area (Å²) in [6, 6.07) is 11.5. The van der Waals surface area contributed by atoms with Crippen LogP contribution in [-0.2, 0) is 13.1 Å². The van der Waals surface area contributed by atoms with Gasteiger partial charge in [-0.15, -0.1) is 11.3 Å². The van der Waals surface area contributed by atoms with Gasteiger partial charge in [0, 0.05) is 7.05 Å². The van der Waals surface area contributed by atoms with Crippen molar-refractivity contribution in [1.29, 1.82) is 0 Å². The van der Waals surface area contributed by atoms with Crippen molar-refractivity contribution in [2.45, 2.75) is 13.1 Å². The maximum absolute atomic E-state index is 12.0. The Balaban J connectivity index is 1.57. The first-order valence-corrected chi connectivity index (χ1v) is 7.40. The van der Waals surface area contributed by atoms with Crippen LogP contribution in [0.1, 0.15) is 10.8 Å². The highest BCUT2D eigenvalue weighted by Gasteiger charge is 2.11. The molecular weight excluding hydrogens is 286 g/mol. The Morgan fingerprint density at radius 2 is 2.19 bits per heavy atom. The molecule has 0 fully saturated rings. The van der Waals surface area contributed by atoms with Crippen LogP contribution < -0.4 is 5.32 Å². The molecule has 3 aromatic rings. The summed E-state index contributed by atoms with van der Waals surface area (Å²) in [5, 5.41) is 3.76. The molecule has 6 heteroatoms. The predicted octanol–water partition coefficient (Wildman–Crippen LogP) is 3.23. The predicted molar refractivity (Wildman–Crippen MR) is 82.0 cm³/mol. The van der Waals surface area contributed by atoms with Crippen LogP contribution in [0.4, 0.5) is 4.79 Å². The van der Waals surface area contributed by atoms with Crippen molar-refractivity contribution < 1.29 is 9.21 Å². The van der Waals surface area contributed by atoms with E-state index < -0.39 is 0 Å². The summed E-state index contributed by atoms with van der Waals surface area (Å²) in [5.41, 5.74) is 0.968. The van der Waals surface area contributed by atoms with E-state index in [4.69, 9.17) is 4.42 Å². The summed E-state index contributed by atoms with van der Waals surface area (Å²) >= 11 is 1.59. The van der Waals surface area contributed by atoms with E-state index in [1.165, 1.54) is 0 Å². The summed E-state index contributed by atoms with van der Waals surface area (Å²) in [6.07, 6.45) is 1.60. The third-order valence-electron chi connectivity index (χ3n) is 3.05. The lowest BCUT2D eigenvalue weighted by Gasteiger charge is -2.15. The first kappa shape index (κ1) is 13.6. The fourth-order valence-corrected chi connectivity index (χ4v) is 2.90. The number of nitrogens with one attached hydrogen (secondary N) is 1. The van der Waals surface area contributed by atoms with Gasteiger partial charge in [0.05, 0.1) is 29.6 Å². The van der Waals surface area contributed by atoms with E-state index in [0.717, 1.165) is 21.0 Å². The van der Waals surface area contributed by atoms with Crippen molar-refractivity contribution in [3.63, 3.8) is 0 Å². The normalized spacial score (nSPS) is 10.7. The molecule has 0 spiro atoms. The molecule has 0 radical (unpaired) electrons. The van der Waals surface area contributed by atoms with E-state index in [-0.39, 0.29) is 6.03 Å². The third kappa shape index (κ3) is 3.22. The average molecular weight is 301 g/mol. The van der Waals surface area contributed by atoms with Crippen LogP contribution in [0.2, 0.25) is 0 Å². The van der Waals surface area contributed by atoms with Crippen molar-refractivity contribution in [3.8, 4) is 0 Å². The molecule has 108 valence electrons. The second-order valence-corrected chi connectivity index (χ2v) is 5.78. The number of amides is 2. The summed E-state index contributed by atoms with van der Waals surface area (Å²) in [4.78, 5) is 18.1. The van der Waals surface area contributed by atoms with Crippen LogP contribution >= 0.6 is 11.3 Å². The lowest BCUT2D eigenvalue weighted by molar-refractivity contribution is 0.202. The van der Waals surface area contributed by atoms with E-state index in [0.29, 0.717) is 13.1 Å². The molecule has 0 aliphatic carbocycles.